The van der Waals surface area contributed by atoms with Gasteiger partial charge in [0, 0.05) is 5.69 Å². The number of anilines is 1. The molecule has 4 aromatic carbocycles. The van der Waals surface area contributed by atoms with Crippen molar-refractivity contribution >= 4 is 24.2 Å². The lowest BCUT2D eigenvalue weighted by Crippen LogP contribution is -2.22. The van der Waals surface area contributed by atoms with Crippen LogP contribution in [0, 0.1) is 20.8 Å². The molecule has 0 aromatic heterocycles. The van der Waals surface area contributed by atoms with E-state index >= 15 is 0 Å². The Balaban J connectivity index is 1.88. The highest BCUT2D eigenvalue weighted by atomic mass is 31.1. The first-order valence-corrected chi connectivity index (χ1v) is 11.8. The topological polar surface area (TPSA) is 12.0 Å². The fourth-order valence-electron chi connectivity index (χ4n) is 4.10. The molecule has 1 unspecified atom stereocenters. The summed E-state index contributed by atoms with van der Waals surface area (Å²) in [6, 6.07) is 37.3. The van der Waals surface area contributed by atoms with Gasteiger partial charge in [-0.15, -0.1) is 0 Å². The van der Waals surface area contributed by atoms with Crippen LogP contribution in [0.1, 0.15) is 28.0 Å². The van der Waals surface area contributed by atoms with Crippen LogP contribution >= 0.6 is 7.92 Å². The summed E-state index contributed by atoms with van der Waals surface area (Å²) >= 11 is 0. The molecule has 0 spiro atoms. The Labute approximate surface area is 181 Å². The van der Waals surface area contributed by atoms with Gasteiger partial charge in [-0.25, -0.2) is 0 Å². The Morgan fingerprint density at radius 2 is 1.03 bits per heavy atom. The minimum absolute atomic E-state index is 0.172. The zero-order chi connectivity index (χ0) is 20.9. The molecule has 4 rings (SSSR count). The van der Waals surface area contributed by atoms with Crippen molar-refractivity contribution in [2.24, 2.45) is 0 Å². The van der Waals surface area contributed by atoms with E-state index in [1.54, 1.807) is 0 Å². The second-order valence-electron chi connectivity index (χ2n) is 7.77. The number of hydrogen-bond donors (Lipinski definition) is 1. The van der Waals surface area contributed by atoms with Crippen LogP contribution in [0.2, 0.25) is 0 Å². The SMILES string of the molecule is Cc1cc(C)c(NC(c2ccccc2)P(c2ccccc2)c2ccccc2)c(C)c1. The van der Waals surface area contributed by atoms with E-state index in [0.29, 0.717) is 0 Å². The first-order valence-electron chi connectivity index (χ1n) is 10.4. The lowest BCUT2D eigenvalue weighted by Gasteiger charge is -2.32. The molecule has 0 aliphatic rings. The molecular weight excluding hydrogens is 381 g/mol. The third-order valence-corrected chi connectivity index (χ3v) is 8.05. The highest BCUT2D eigenvalue weighted by Crippen LogP contribution is 2.50. The van der Waals surface area contributed by atoms with E-state index in [9.17, 15) is 0 Å². The molecule has 0 amide bonds. The second-order valence-corrected chi connectivity index (χ2v) is 10.1. The van der Waals surface area contributed by atoms with Gasteiger partial charge in [0.1, 0.15) is 0 Å². The molecular formula is C28H28NP. The van der Waals surface area contributed by atoms with Crippen LogP contribution in [0.25, 0.3) is 0 Å². The maximum absolute atomic E-state index is 3.98. The molecule has 4 aromatic rings. The van der Waals surface area contributed by atoms with Gasteiger partial charge in [0.15, 0.2) is 0 Å². The molecule has 0 heterocycles. The number of aryl methyl sites for hydroxylation is 3. The predicted molar refractivity (Wildman–Crippen MR) is 133 cm³/mol. The minimum Gasteiger partial charge on any atom is -0.373 e. The molecule has 2 heteroatoms. The van der Waals surface area contributed by atoms with Crippen molar-refractivity contribution in [1.29, 1.82) is 0 Å². The number of hydrogen-bond acceptors (Lipinski definition) is 1. The van der Waals surface area contributed by atoms with Gasteiger partial charge >= 0.3 is 0 Å². The monoisotopic (exact) mass is 409 g/mol. The Bertz CT molecular complexity index is 1030. The van der Waals surface area contributed by atoms with Crippen molar-refractivity contribution in [2.75, 3.05) is 5.32 Å². The molecule has 0 aliphatic heterocycles. The van der Waals surface area contributed by atoms with Gasteiger partial charge in [-0.05, 0) is 56.0 Å². The molecule has 1 atom stereocenters. The van der Waals surface area contributed by atoms with E-state index in [1.807, 2.05) is 0 Å². The molecule has 0 radical (unpaired) electrons. The van der Waals surface area contributed by atoms with Crippen LogP contribution in [-0.2, 0) is 0 Å². The highest BCUT2D eigenvalue weighted by molar-refractivity contribution is 7.73. The number of benzene rings is 4. The molecule has 0 bridgehead atoms. The Morgan fingerprint density at radius 3 is 1.50 bits per heavy atom. The average Bonchev–Trinajstić information content (AvgIpc) is 2.77. The molecule has 30 heavy (non-hydrogen) atoms. The normalized spacial score (nSPS) is 12.0. The fourth-order valence-corrected chi connectivity index (χ4v) is 6.71. The second kappa shape index (κ2) is 9.28. The van der Waals surface area contributed by atoms with Gasteiger partial charge in [-0.2, -0.15) is 0 Å². The van der Waals surface area contributed by atoms with Gasteiger partial charge in [-0.1, -0.05) is 109 Å². The smallest absolute Gasteiger partial charge is 0.0793 e. The van der Waals surface area contributed by atoms with Gasteiger partial charge < -0.3 is 5.32 Å². The van der Waals surface area contributed by atoms with E-state index in [-0.39, 0.29) is 5.78 Å². The molecule has 0 saturated carbocycles. The lowest BCUT2D eigenvalue weighted by molar-refractivity contribution is 1.08. The van der Waals surface area contributed by atoms with E-state index in [4.69, 9.17) is 0 Å². The maximum Gasteiger partial charge on any atom is 0.0793 e. The first kappa shape index (κ1) is 20.4. The standard InChI is InChI=1S/C28H28NP/c1-21-19-22(2)27(23(3)20-21)29-28(24-13-7-4-8-14-24)30(25-15-9-5-10-16-25)26-17-11-6-12-18-26/h4-20,28-29H,1-3H3. The third kappa shape index (κ3) is 4.48. The number of rotatable bonds is 6. The summed E-state index contributed by atoms with van der Waals surface area (Å²) in [4.78, 5) is 0. The Kier molecular flexibility index (Phi) is 6.31. The van der Waals surface area contributed by atoms with Crippen LogP contribution in [0.4, 0.5) is 5.69 Å². The quantitative estimate of drug-likeness (QED) is 0.343. The summed E-state index contributed by atoms with van der Waals surface area (Å²) in [5.74, 6) is 0.172. The van der Waals surface area contributed by atoms with Crippen molar-refractivity contribution in [1.82, 2.24) is 0 Å². The highest BCUT2D eigenvalue weighted by Gasteiger charge is 2.27. The average molecular weight is 410 g/mol. The molecule has 1 nitrogen and oxygen atoms in total. The fraction of sp³-hybridized carbons (Fsp3) is 0.143. The van der Waals surface area contributed by atoms with Crippen molar-refractivity contribution in [2.45, 2.75) is 26.6 Å². The maximum atomic E-state index is 3.98. The molecule has 0 fully saturated rings. The predicted octanol–water partition coefficient (Wildman–Crippen LogP) is 6.86. The van der Waals surface area contributed by atoms with Crippen LogP contribution in [0.3, 0.4) is 0 Å². The third-order valence-electron chi connectivity index (χ3n) is 5.40. The molecule has 1 N–H and O–H groups in total. The number of nitrogens with one attached hydrogen (secondary N) is 1. The zero-order valence-corrected chi connectivity index (χ0v) is 18.7. The van der Waals surface area contributed by atoms with Crippen molar-refractivity contribution in [3.63, 3.8) is 0 Å². The molecule has 0 aliphatic carbocycles. The Morgan fingerprint density at radius 1 is 0.600 bits per heavy atom. The van der Waals surface area contributed by atoms with E-state index in [1.165, 1.54) is 38.6 Å². The van der Waals surface area contributed by atoms with Gasteiger partial charge in [-0.3, -0.25) is 0 Å². The van der Waals surface area contributed by atoms with E-state index in [2.05, 4.69) is 129 Å². The zero-order valence-electron chi connectivity index (χ0n) is 17.8. The summed E-state index contributed by atoms with van der Waals surface area (Å²) in [6.07, 6.45) is 0. The molecule has 0 saturated heterocycles. The van der Waals surface area contributed by atoms with Crippen LogP contribution in [-0.4, -0.2) is 0 Å². The van der Waals surface area contributed by atoms with Crippen molar-refractivity contribution in [3.05, 3.63) is 125 Å². The van der Waals surface area contributed by atoms with E-state index in [0.717, 1.165) is 0 Å². The van der Waals surface area contributed by atoms with Crippen molar-refractivity contribution < 1.29 is 0 Å². The first-order chi connectivity index (χ1) is 14.6. The van der Waals surface area contributed by atoms with Crippen LogP contribution in [0.5, 0.6) is 0 Å². The van der Waals surface area contributed by atoms with E-state index < -0.39 is 7.92 Å². The summed E-state index contributed by atoms with van der Waals surface area (Å²) in [7, 11) is -0.658. The van der Waals surface area contributed by atoms with Gasteiger partial charge in [0.25, 0.3) is 0 Å². The summed E-state index contributed by atoms with van der Waals surface area (Å²) in [5.41, 5.74) is 6.46. The minimum atomic E-state index is -0.658. The van der Waals surface area contributed by atoms with Crippen LogP contribution in [0.15, 0.2) is 103 Å². The van der Waals surface area contributed by atoms with Crippen molar-refractivity contribution in [3.8, 4) is 0 Å². The summed E-state index contributed by atoms with van der Waals surface area (Å²) in [5, 5.41) is 6.74. The largest absolute Gasteiger partial charge is 0.373 e. The van der Waals surface area contributed by atoms with Crippen LogP contribution < -0.4 is 15.9 Å². The van der Waals surface area contributed by atoms with Gasteiger partial charge in [0.05, 0.1) is 5.78 Å². The summed E-state index contributed by atoms with van der Waals surface area (Å²) < 4.78 is 0. The molecule has 150 valence electrons. The lowest BCUT2D eigenvalue weighted by atomic mass is 10.0. The Hall–Kier alpha value is -2.89. The van der Waals surface area contributed by atoms with Gasteiger partial charge in [0.2, 0.25) is 0 Å². The summed E-state index contributed by atoms with van der Waals surface area (Å²) in [6.45, 7) is 6.58.